The van der Waals surface area contributed by atoms with Crippen molar-refractivity contribution in [3.8, 4) is 0 Å². The molecule has 7 nitrogen and oxygen atoms in total. The van der Waals surface area contributed by atoms with Crippen molar-refractivity contribution < 1.29 is 28.8 Å². The third-order valence-electron chi connectivity index (χ3n) is 24.5. The van der Waals surface area contributed by atoms with Crippen LogP contribution < -0.4 is 0 Å². The van der Waals surface area contributed by atoms with Crippen LogP contribution in [0.25, 0.3) is 0 Å². The van der Waals surface area contributed by atoms with Gasteiger partial charge in [-0.25, -0.2) is 0 Å². The summed E-state index contributed by atoms with van der Waals surface area (Å²) in [5, 5.41) is 3.72. The molecule has 5 saturated heterocycles. The molecule has 0 saturated carbocycles. The van der Waals surface area contributed by atoms with Crippen molar-refractivity contribution in [2.45, 2.75) is 399 Å². The van der Waals surface area contributed by atoms with Crippen molar-refractivity contribution >= 4 is 108 Å². The molecule has 5 rings (SSSR count). The van der Waals surface area contributed by atoms with Crippen LogP contribution in [0.1, 0.15) is 208 Å². The molecular weight excluding hydrogens is 1230 g/mol. The molecule has 10 unspecified atom stereocenters. The Kier molecular flexibility index (Phi) is 19.3. The van der Waals surface area contributed by atoms with Crippen LogP contribution in [0.4, 0.5) is 0 Å². The molecule has 5 aliphatic heterocycles. The first-order valence-electron chi connectivity index (χ1n) is 33.6. The molecule has 0 aromatic carbocycles. The summed E-state index contributed by atoms with van der Waals surface area (Å²) >= 11 is 0. The van der Waals surface area contributed by atoms with Crippen LogP contribution in [0.15, 0.2) is 0 Å². The summed E-state index contributed by atoms with van der Waals surface area (Å²) in [4.78, 5) is 0. The van der Waals surface area contributed by atoms with Crippen molar-refractivity contribution in [2.75, 3.05) is 0 Å². The Bertz CT molecular complexity index is 2320. The normalized spacial score (nSPS) is 29.6. The average Bonchev–Trinajstić information content (AvgIpc) is 3.96. The van der Waals surface area contributed by atoms with Crippen molar-refractivity contribution in [2.24, 2.45) is 0 Å². The minimum atomic E-state index is -3.42. The fourth-order valence-corrected chi connectivity index (χ4v) is 141. The monoisotopic (exact) mass is 1380 g/mol. The first-order chi connectivity index (χ1) is 35.6. The highest BCUT2D eigenvalue weighted by atomic mass is 28.5. The van der Waals surface area contributed by atoms with E-state index in [9.17, 15) is 8.23 Å². The summed E-state index contributed by atoms with van der Waals surface area (Å²) in [5.41, 5.74) is 0. The maximum Gasteiger partial charge on any atom is 0.317 e. The fourth-order valence-electron chi connectivity index (χ4n) is 22.7. The first kappa shape index (κ1) is 76.3. The maximum absolute atomic E-state index is 9.27. The molecule has 5 aliphatic rings. The Morgan fingerprint density at radius 2 is 0.337 bits per heavy atom. The van der Waals surface area contributed by atoms with Gasteiger partial charge in [0.1, 0.15) is 0 Å². The molecule has 0 radical (unpaired) electrons. The highest BCUT2D eigenvalue weighted by Crippen LogP contribution is 2.82. The largest absolute Gasteiger partial charge is 0.437 e. The predicted molar refractivity (Wildman–Crippen MR) is 399 cm³/mol. The van der Waals surface area contributed by atoms with Crippen LogP contribution in [0.5, 0.6) is 0 Å². The maximum atomic E-state index is 9.27. The summed E-state index contributed by atoms with van der Waals surface area (Å²) < 4.78 is 60.1. The summed E-state index contributed by atoms with van der Waals surface area (Å²) in [6.07, 6.45) is 0. The van der Waals surface area contributed by atoms with Crippen molar-refractivity contribution in [3.05, 3.63) is 0 Å². The molecule has 0 aromatic rings. The molecule has 0 N–H and O–H groups in total. The fraction of sp³-hybridized carbons (Fsp3) is 1.00. The second-order valence-electron chi connectivity index (χ2n) is 42.6. The smallest absolute Gasteiger partial charge is 0.317 e. The number of hydrogen-bond acceptors (Lipinski definition) is 7. The van der Waals surface area contributed by atoms with Crippen LogP contribution in [0.2, 0.25) is 192 Å². The van der Waals surface area contributed by atoms with Gasteiger partial charge in [-0.1, -0.05) is 238 Å². The molecule has 10 atom stereocenters. The Balaban J connectivity index is 1.97. The lowest BCUT2D eigenvalue weighted by Gasteiger charge is -2.53. The molecule has 20 heteroatoms. The van der Waals surface area contributed by atoms with Gasteiger partial charge >= 0.3 is 51.4 Å². The Morgan fingerprint density at radius 3 is 0.458 bits per heavy atom. The van der Waals surface area contributed by atoms with Gasteiger partial charge in [0.25, 0.3) is 0 Å². The Hall–Kier alpha value is 2.54. The van der Waals surface area contributed by atoms with Gasteiger partial charge in [0, 0.05) is 0 Å². The van der Waals surface area contributed by atoms with E-state index < -0.39 is 108 Å². The zero-order chi connectivity index (χ0) is 65.9. The van der Waals surface area contributed by atoms with E-state index in [2.05, 4.69) is 293 Å². The molecule has 0 aliphatic carbocycles. The van der Waals surface area contributed by atoms with Crippen LogP contribution >= 0.6 is 0 Å². The summed E-state index contributed by atoms with van der Waals surface area (Å²) in [6.45, 7) is 110. The van der Waals surface area contributed by atoms with Gasteiger partial charge in [0.2, 0.25) is 0 Å². The molecule has 83 heavy (non-hydrogen) atoms. The van der Waals surface area contributed by atoms with Crippen molar-refractivity contribution in [1.29, 1.82) is 0 Å². The third kappa shape index (κ3) is 13.1. The highest BCUT2D eigenvalue weighted by molar-refractivity contribution is 7.17. The van der Waals surface area contributed by atoms with Gasteiger partial charge in [0.05, 0.1) is 40.4 Å². The van der Waals surface area contributed by atoms with E-state index in [-0.39, 0.29) is 50.4 Å². The van der Waals surface area contributed by atoms with E-state index in [1.165, 1.54) is 30.2 Å². The van der Waals surface area contributed by atoms with E-state index in [1.807, 2.05) is 0 Å². The molecule has 490 valence electrons. The van der Waals surface area contributed by atoms with E-state index in [1.54, 1.807) is 0 Å². The lowest BCUT2D eigenvalue weighted by Crippen LogP contribution is -2.68. The Morgan fingerprint density at radius 1 is 0.205 bits per heavy atom. The summed E-state index contributed by atoms with van der Waals surface area (Å²) in [6, 6.07) is 6.26. The van der Waals surface area contributed by atoms with Gasteiger partial charge in [-0.2, -0.15) is 0 Å². The van der Waals surface area contributed by atoms with Crippen molar-refractivity contribution in [3.63, 3.8) is 0 Å². The number of rotatable bonds is 19. The molecule has 0 spiro atoms. The SMILES string of the molecule is CC(C)(C)[Si]1(C(C)(C)C)CC1[Si](C)(O[Si](C)(C)C)O[Si](C)(O[Si](C)(O[Si](C)(O[Si](C)(O[Si](C)(C)O[Si](C)(C)C)C1C[Si]1(C(C)(C)C)C(C)(C)C)C1C[Si]1(C(C)(C)C)C(C)(C)C)C1C[Si]1(C(C)(C)C)C(C)(C)C)C1C[Si]1(C(C)(C)C)C(C)(C)C. The van der Waals surface area contributed by atoms with Gasteiger partial charge in [-0.05, 0) is 161 Å². The van der Waals surface area contributed by atoms with Crippen LogP contribution in [0.3, 0.4) is 0 Å². The van der Waals surface area contributed by atoms with Crippen LogP contribution in [0, 0.1) is 0 Å². The summed E-state index contributed by atoms with van der Waals surface area (Å²) in [7, 11) is -33.9. The lowest BCUT2D eigenvalue weighted by molar-refractivity contribution is 0.250. The highest BCUT2D eigenvalue weighted by Gasteiger charge is 2.86. The predicted octanol–water partition coefficient (Wildman–Crippen LogP) is 23.7. The van der Waals surface area contributed by atoms with Gasteiger partial charge in [-0.15, -0.1) is 0 Å². The minimum Gasteiger partial charge on any atom is -0.437 e. The summed E-state index contributed by atoms with van der Waals surface area (Å²) in [5.74, 6) is 0. The zero-order valence-corrected chi connectivity index (χ0v) is 76.8. The topological polar surface area (TPSA) is 64.6 Å². The first-order valence-corrected chi connectivity index (χ1v) is 66.6. The number of hydrogen-bond donors (Lipinski definition) is 0. The zero-order valence-electron chi connectivity index (χ0n) is 63.8. The van der Waals surface area contributed by atoms with Crippen LogP contribution in [-0.4, -0.2) is 108 Å². The molecular formula is C63H144O7Si13. The third-order valence-corrected chi connectivity index (χ3v) is 111. The van der Waals surface area contributed by atoms with E-state index in [4.69, 9.17) is 20.6 Å². The average molecular weight is 1380 g/mol. The molecule has 5 fully saturated rings. The Labute approximate surface area is 532 Å². The molecule has 0 aromatic heterocycles. The van der Waals surface area contributed by atoms with E-state index in [0.717, 1.165) is 0 Å². The van der Waals surface area contributed by atoms with Gasteiger partial charge in [-0.3, -0.25) is 0 Å². The van der Waals surface area contributed by atoms with Crippen LogP contribution in [-0.2, 0) is 28.8 Å². The molecule has 0 amide bonds. The standard InChI is InChI=1S/C63H144O7Si13/c1-54(2,3)79(55(4,5)6)44-49(79)74(39,65-72(34,35)36)67-76(41,51-46-81(51,58(13,14)15)59(16,17)18)69-78(43,53-48-83(53,62(25,26)27)63(28,29)30)70-77(42,52-47-82(52,60(19,20)21)61(22,23)24)68-75(40,66-73(37,38)64-71(31,32)33)50-45-80(50,56(7,8)9)57(10,11)12/h49-53H,44-48H2,1-43H3. The van der Waals surface area contributed by atoms with E-state index >= 15 is 0 Å². The van der Waals surface area contributed by atoms with Crippen molar-refractivity contribution in [1.82, 2.24) is 0 Å². The molecule has 0 bridgehead atoms. The van der Waals surface area contributed by atoms with Gasteiger partial charge in [0.15, 0.2) is 16.6 Å². The van der Waals surface area contributed by atoms with Gasteiger partial charge < -0.3 is 28.8 Å². The van der Waals surface area contributed by atoms with E-state index in [0.29, 0.717) is 25.8 Å². The quantitative estimate of drug-likeness (QED) is 0.119. The lowest BCUT2D eigenvalue weighted by atomic mass is 10.2. The molecule has 5 heterocycles. The second-order valence-corrected chi connectivity index (χ2v) is 106. The second kappa shape index (κ2) is 21.0. The minimum absolute atomic E-state index is 0.135.